The molecular weight excluding hydrogens is 352 g/mol. The van der Waals surface area contributed by atoms with Crippen molar-refractivity contribution in [2.75, 3.05) is 11.9 Å². The standard InChI is InChI=1S/C19H16N2O4S/c1-11(12-7-9-13(22)10-8-12)16-17(23)20-19(26-16)21(2)15-6-4-3-5-14(15)18(24)25/h3-10,22H,1-2H3,(H,24,25)/b16-11-. The van der Waals surface area contributed by atoms with Crippen LogP contribution in [0.2, 0.25) is 0 Å². The number of thioether (sulfide) groups is 1. The highest BCUT2D eigenvalue weighted by molar-refractivity contribution is 8.18. The number of aromatic carboxylic acids is 1. The summed E-state index contributed by atoms with van der Waals surface area (Å²) >= 11 is 1.20. The van der Waals surface area contributed by atoms with E-state index in [0.717, 1.165) is 11.1 Å². The van der Waals surface area contributed by atoms with E-state index in [9.17, 15) is 19.8 Å². The van der Waals surface area contributed by atoms with E-state index in [-0.39, 0.29) is 17.2 Å². The van der Waals surface area contributed by atoms with E-state index in [1.165, 1.54) is 17.8 Å². The molecule has 26 heavy (non-hydrogen) atoms. The third-order valence-electron chi connectivity index (χ3n) is 4.01. The van der Waals surface area contributed by atoms with Gasteiger partial charge in [0.05, 0.1) is 16.2 Å². The lowest BCUT2D eigenvalue weighted by atomic mass is 10.1. The highest BCUT2D eigenvalue weighted by Gasteiger charge is 2.28. The van der Waals surface area contributed by atoms with E-state index in [2.05, 4.69) is 4.99 Å². The van der Waals surface area contributed by atoms with Crippen LogP contribution >= 0.6 is 11.8 Å². The Morgan fingerprint density at radius 2 is 1.77 bits per heavy atom. The van der Waals surface area contributed by atoms with Gasteiger partial charge < -0.3 is 15.1 Å². The highest BCUT2D eigenvalue weighted by Crippen LogP contribution is 2.36. The molecule has 0 fully saturated rings. The third-order valence-corrected chi connectivity index (χ3v) is 5.24. The van der Waals surface area contributed by atoms with Gasteiger partial charge in [0.2, 0.25) is 0 Å². The normalized spacial score (nSPS) is 15.6. The van der Waals surface area contributed by atoms with Crippen molar-refractivity contribution >= 4 is 40.1 Å². The number of rotatable bonds is 3. The zero-order chi connectivity index (χ0) is 18.8. The molecule has 7 heteroatoms. The summed E-state index contributed by atoms with van der Waals surface area (Å²) in [6.07, 6.45) is 0. The van der Waals surface area contributed by atoms with Gasteiger partial charge in [-0.1, -0.05) is 24.3 Å². The molecule has 0 spiro atoms. The van der Waals surface area contributed by atoms with Crippen molar-refractivity contribution in [3.05, 3.63) is 64.6 Å². The molecule has 2 N–H and O–H groups in total. The number of carbonyl (C=O) groups is 2. The smallest absolute Gasteiger partial charge is 0.337 e. The van der Waals surface area contributed by atoms with E-state index in [4.69, 9.17) is 0 Å². The van der Waals surface area contributed by atoms with Gasteiger partial charge in [-0.05, 0) is 54.1 Å². The molecule has 1 aliphatic heterocycles. The topological polar surface area (TPSA) is 90.2 Å². The van der Waals surface area contributed by atoms with Crippen molar-refractivity contribution in [2.24, 2.45) is 4.99 Å². The minimum Gasteiger partial charge on any atom is -0.508 e. The zero-order valence-corrected chi connectivity index (χ0v) is 14.9. The van der Waals surface area contributed by atoms with Gasteiger partial charge in [0, 0.05) is 7.05 Å². The summed E-state index contributed by atoms with van der Waals surface area (Å²) in [6.45, 7) is 1.82. The Hall–Kier alpha value is -3.06. The number of phenolic OH excluding ortho intramolecular Hbond substituents is 1. The van der Waals surface area contributed by atoms with Crippen molar-refractivity contribution in [3.8, 4) is 5.75 Å². The molecule has 0 aromatic heterocycles. The van der Waals surface area contributed by atoms with Gasteiger partial charge in [-0.25, -0.2) is 4.79 Å². The quantitative estimate of drug-likeness (QED) is 0.805. The third kappa shape index (κ3) is 3.34. The first-order valence-electron chi connectivity index (χ1n) is 7.75. The molecule has 0 saturated carbocycles. The maximum atomic E-state index is 12.4. The number of hydrogen-bond acceptors (Lipinski definition) is 5. The fraction of sp³-hybridized carbons (Fsp3) is 0.105. The van der Waals surface area contributed by atoms with Crippen LogP contribution in [-0.2, 0) is 4.79 Å². The number of anilines is 1. The van der Waals surface area contributed by atoms with Crippen LogP contribution in [0.25, 0.3) is 5.57 Å². The Balaban J connectivity index is 1.92. The molecule has 132 valence electrons. The minimum absolute atomic E-state index is 0.137. The average Bonchev–Trinajstić information content (AvgIpc) is 3.02. The lowest BCUT2D eigenvalue weighted by Gasteiger charge is -2.19. The Labute approximate surface area is 154 Å². The van der Waals surface area contributed by atoms with Crippen molar-refractivity contribution in [3.63, 3.8) is 0 Å². The number of carboxylic acid groups (broad SMARTS) is 1. The van der Waals surface area contributed by atoms with Crippen LogP contribution in [-0.4, -0.2) is 34.3 Å². The van der Waals surface area contributed by atoms with E-state index >= 15 is 0 Å². The Morgan fingerprint density at radius 3 is 2.42 bits per heavy atom. The molecular formula is C19H16N2O4S. The summed E-state index contributed by atoms with van der Waals surface area (Å²) in [5.74, 6) is -1.26. The van der Waals surface area contributed by atoms with Crippen molar-refractivity contribution in [1.29, 1.82) is 0 Å². The van der Waals surface area contributed by atoms with Crippen LogP contribution in [0, 0.1) is 0 Å². The van der Waals surface area contributed by atoms with E-state index in [0.29, 0.717) is 15.8 Å². The molecule has 1 amide bonds. The number of carboxylic acids is 1. The van der Waals surface area contributed by atoms with Crippen LogP contribution in [0.4, 0.5) is 5.69 Å². The molecule has 2 aromatic carbocycles. The summed E-state index contributed by atoms with van der Waals surface area (Å²) in [6, 6.07) is 13.1. The molecule has 0 saturated heterocycles. The number of phenols is 1. The van der Waals surface area contributed by atoms with Crippen LogP contribution in [0.1, 0.15) is 22.8 Å². The van der Waals surface area contributed by atoms with Crippen LogP contribution in [0.5, 0.6) is 5.75 Å². The second kappa shape index (κ2) is 7.05. The molecule has 0 bridgehead atoms. The number of aromatic hydroxyl groups is 1. The molecule has 2 aromatic rings. The van der Waals surface area contributed by atoms with Gasteiger partial charge in [-0.2, -0.15) is 4.99 Å². The number of carbonyl (C=O) groups excluding carboxylic acids is 1. The lowest BCUT2D eigenvalue weighted by molar-refractivity contribution is -0.113. The van der Waals surface area contributed by atoms with E-state index in [1.807, 2.05) is 6.92 Å². The average molecular weight is 368 g/mol. The second-order valence-corrected chi connectivity index (χ2v) is 6.66. The van der Waals surface area contributed by atoms with Crippen molar-refractivity contribution in [1.82, 2.24) is 0 Å². The minimum atomic E-state index is -1.04. The van der Waals surface area contributed by atoms with Crippen LogP contribution < -0.4 is 4.90 Å². The monoisotopic (exact) mass is 368 g/mol. The fourth-order valence-corrected chi connectivity index (χ4v) is 3.52. The number of hydrogen-bond donors (Lipinski definition) is 2. The van der Waals surface area contributed by atoms with E-state index < -0.39 is 5.97 Å². The number of aliphatic imine (C=N–C) groups is 1. The Kier molecular flexibility index (Phi) is 4.81. The van der Waals surface area contributed by atoms with Gasteiger partial charge in [0.1, 0.15) is 5.75 Å². The van der Waals surface area contributed by atoms with Crippen LogP contribution in [0.3, 0.4) is 0 Å². The Bertz CT molecular complexity index is 948. The largest absolute Gasteiger partial charge is 0.508 e. The first kappa shape index (κ1) is 17.8. The van der Waals surface area contributed by atoms with Gasteiger partial charge in [-0.3, -0.25) is 4.79 Å². The number of para-hydroxylation sites is 1. The lowest BCUT2D eigenvalue weighted by Crippen LogP contribution is -2.24. The highest BCUT2D eigenvalue weighted by atomic mass is 32.2. The van der Waals surface area contributed by atoms with Gasteiger partial charge in [0.25, 0.3) is 5.91 Å². The first-order chi connectivity index (χ1) is 12.4. The number of allylic oxidation sites excluding steroid dienone is 1. The second-order valence-electron chi connectivity index (χ2n) is 5.68. The van der Waals surface area contributed by atoms with Gasteiger partial charge in [0.15, 0.2) is 5.17 Å². The van der Waals surface area contributed by atoms with Crippen molar-refractivity contribution < 1.29 is 19.8 Å². The maximum Gasteiger partial charge on any atom is 0.337 e. The number of amides is 1. The Morgan fingerprint density at radius 1 is 1.12 bits per heavy atom. The zero-order valence-electron chi connectivity index (χ0n) is 14.1. The number of nitrogens with zero attached hydrogens (tertiary/aromatic N) is 2. The van der Waals surface area contributed by atoms with Gasteiger partial charge >= 0.3 is 5.97 Å². The maximum absolute atomic E-state index is 12.4. The summed E-state index contributed by atoms with van der Waals surface area (Å²) in [5, 5.41) is 19.2. The number of benzene rings is 2. The molecule has 3 rings (SSSR count). The predicted octanol–water partition coefficient (Wildman–Crippen LogP) is 3.59. The summed E-state index contributed by atoms with van der Waals surface area (Å²) in [7, 11) is 1.68. The summed E-state index contributed by atoms with van der Waals surface area (Å²) in [4.78, 5) is 29.9. The molecule has 0 radical (unpaired) electrons. The van der Waals surface area contributed by atoms with Crippen LogP contribution in [0.15, 0.2) is 58.4 Å². The first-order valence-corrected chi connectivity index (χ1v) is 8.57. The predicted molar refractivity (Wildman–Crippen MR) is 103 cm³/mol. The summed E-state index contributed by atoms with van der Waals surface area (Å²) in [5.41, 5.74) is 2.16. The molecule has 6 nitrogen and oxygen atoms in total. The number of amidine groups is 1. The molecule has 1 heterocycles. The van der Waals surface area contributed by atoms with Gasteiger partial charge in [-0.15, -0.1) is 0 Å². The molecule has 1 aliphatic rings. The van der Waals surface area contributed by atoms with Crippen molar-refractivity contribution in [2.45, 2.75) is 6.92 Å². The van der Waals surface area contributed by atoms with E-state index in [1.54, 1.807) is 54.4 Å². The molecule has 0 atom stereocenters. The SMILES string of the molecule is C/C(=C1/SC(N(C)c2ccccc2C(=O)O)=NC1=O)c1ccc(O)cc1. The summed E-state index contributed by atoms with van der Waals surface area (Å²) < 4.78 is 0. The fourth-order valence-electron chi connectivity index (χ4n) is 2.57. The molecule has 0 aliphatic carbocycles. The molecule has 0 unspecified atom stereocenters.